The molecule has 6 nitrogen and oxygen atoms in total. The van der Waals surface area contributed by atoms with Gasteiger partial charge in [-0.05, 0) is 76.1 Å². The molecule has 1 aromatic heterocycles. The van der Waals surface area contributed by atoms with Gasteiger partial charge in [-0.1, -0.05) is 6.07 Å². The molecule has 0 aliphatic rings. The number of hydrogen-bond acceptors (Lipinski definition) is 5. The van der Waals surface area contributed by atoms with Gasteiger partial charge in [0.1, 0.15) is 21.9 Å². The minimum Gasteiger partial charge on any atom is -0.457 e. The lowest BCUT2D eigenvalue weighted by Gasteiger charge is -2.11. The van der Waals surface area contributed by atoms with E-state index >= 15 is 0 Å². The van der Waals surface area contributed by atoms with Crippen LogP contribution in [-0.2, 0) is 16.6 Å². The van der Waals surface area contributed by atoms with Gasteiger partial charge in [-0.2, -0.15) is 0 Å². The zero-order chi connectivity index (χ0) is 21.8. The summed E-state index contributed by atoms with van der Waals surface area (Å²) in [4.78, 5) is 4.06. The van der Waals surface area contributed by atoms with Gasteiger partial charge >= 0.3 is 6.36 Å². The Kier molecular flexibility index (Phi) is 6.64. The molecule has 0 atom stereocenters. The van der Waals surface area contributed by atoms with Crippen LogP contribution in [0.1, 0.15) is 5.56 Å². The lowest BCUT2D eigenvalue weighted by atomic mass is 10.3. The molecule has 0 fully saturated rings. The zero-order valence-corrected chi connectivity index (χ0v) is 17.5. The van der Waals surface area contributed by atoms with Gasteiger partial charge in [0.25, 0.3) is 0 Å². The van der Waals surface area contributed by atoms with Crippen LogP contribution in [0, 0.1) is 0 Å². The lowest BCUT2D eigenvalue weighted by molar-refractivity contribution is -0.274. The zero-order valence-electron chi connectivity index (χ0n) is 15.1. The van der Waals surface area contributed by atoms with Crippen LogP contribution in [0.15, 0.2) is 76.4 Å². The predicted octanol–water partition coefficient (Wildman–Crippen LogP) is 5.01. The van der Waals surface area contributed by atoms with Gasteiger partial charge in [0.15, 0.2) is 0 Å². The number of aromatic nitrogens is 1. The van der Waals surface area contributed by atoms with Gasteiger partial charge in [-0.15, -0.1) is 13.2 Å². The Morgan fingerprint density at radius 2 is 1.50 bits per heavy atom. The highest BCUT2D eigenvalue weighted by Crippen LogP contribution is 2.28. The Bertz CT molecular complexity index is 1110. The summed E-state index contributed by atoms with van der Waals surface area (Å²) in [6.07, 6.45) is -3.19. The second kappa shape index (κ2) is 9.02. The maximum Gasteiger partial charge on any atom is 0.573 e. The number of pyridine rings is 1. The van der Waals surface area contributed by atoms with E-state index in [1.54, 1.807) is 18.3 Å². The predicted molar refractivity (Wildman–Crippen MR) is 106 cm³/mol. The van der Waals surface area contributed by atoms with Crippen molar-refractivity contribution in [1.29, 1.82) is 0 Å². The summed E-state index contributed by atoms with van der Waals surface area (Å²) < 4.78 is 73.8. The maximum atomic E-state index is 12.4. The monoisotopic (exact) mass is 502 g/mol. The average molecular weight is 503 g/mol. The molecule has 0 radical (unpaired) electrons. The van der Waals surface area contributed by atoms with Crippen LogP contribution in [0.2, 0.25) is 0 Å². The van der Waals surface area contributed by atoms with Crippen molar-refractivity contribution in [3.63, 3.8) is 0 Å². The lowest BCUT2D eigenvalue weighted by Crippen LogP contribution is -2.23. The number of rotatable bonds is 7. The van der Waals surface area contributed by atoms with E-state index in [0.717, 1.165) is 12.1 Å². The van der Waals surface area contributed by atoms with E-state index in [-0.39, 0.29) is 22.9 Å². The number of alkyl halides is 3. The van der Waals surface area contributed by atoms with Crippen LogP contribution in [0.25, 0.3) is 0 Å². The summed E-state index contributed by atoms with van der Waals surface area (Å²) in [6, 6.07) is 13.9. The van der Waals surface area contributed by atoms with Crippen molar-refractivity contribution in [2.75, 3.05) is 0 Å². The molecule has 0 bridgehead atoms. The molecule has 30 heavy (non-hydrogen) atoms. The summed E-state index contributed by atoms with van der Waals surface area (Å²) in [5.41, 5.74) is 0.680. The molecule has 3 aromatic rings. The number of nitrogens with one attached hydrogen (secondary N) is 1. The van der Waals surface area contributed by atoms with Gasteiger partial charge in [-0.3, -0.25) is 0 Å². The normalized spacial score (nSPS) is 11.9. The van der Waals surface area contributed by atoms with Crippen molar-refractivity contribution in [3.05, 3.63) is 77.0 Å². The molecule has 0 amide bonds. The molecule has 2 aromatic carbocycles. The summed E-state index contributed by atoms with van der Waals surface area (Å²) in [5, 5.41) is 0. The molecule has 0 saturated heterocycles. The third kappa shape index (κ3) is 6.18. The first-order chi connectivity index (χ1) is 14.1. The number of hydrogen-bond donors (Lipinski definition) is 1. The Labute approximate surface area is 178 Å². The Balaban J connectivity index is 1.63. The molecule has 0 unspecified atom stereocenters. The number of ether oxygens (including phenoxy) is 2. The van der Waals surface area contributed by atoms with E-state index in [1.165, 1.54) is 36.4 Å². The molecule has 0 aliphatic heterocycles. The first kappa shape index (κ1) is 22.1. The maximum absolute atomic E-state index is 12.4. The first-order valence-corrected chi connectivity index (χ1v) is 10.6. The molecule has 11 heteroatoms. The number of nitrogens with zero attached hydrogens (tertiary/aromatic N) is 1. The smallest absolute Gasteiger partial charge is 0.457 e. The summed E-state index contributed by atoms with van der Waals surface area (Å²) in [5.74, 6) is 0.204. The molecule has 0 saturated carbocycles. The largest absolute Gasteiger partial charge is 0.573 e. The van der Waals surface area contributed by atoms with Crippen LogP contribution < -0.4 is 14.2 Å². The van der Waals surface area contributed by atoms with Crippen molar-refractivity contribution in [2.45, 2.75) is 17.8 Å². The molecule has 0 aliphatic carbocycles. The highest BCUT2D eigenvalue weighted by Gasteiger charge is 2.31. The van der Waals surface area contributed by atoms with Gasteiger partial charge in [-0.25, -0.2) is 18.1 Å². The highest BCUT2D eigenvalue weighted by molar-refractivity contribution is 9.10. The molecular formula is C19H14BrF3N2O4S. The quantitative estimate of drug-likeness (QED) is 0.459. The summed E-state index contributed by atoms with van der Waals surface area (Å²) >= 11 is 3.25. The van der Waals surface area contributed by atoms with Crippen molar-refractivity contribution in [2.24, 2.45) is 0 Å². The highest BCUT2D eigenvalue weighted by atomic mass is 79.9. The van der Waals surface area contributed by atoms with Gasteiger partial charge in [0.05, 0.1) is 4.90 Å². The molecule has 158 valence electrons. The standard InChI is InChI=1S/C19H14BrF3N2O4S/c20-18-13(2-1-11-24-18)12-25-30(26,27)17-9-7-15(8-10-17)28-14-3-5-16(6-4-14)29-19(21,22)23/h1-11,25H,12H2. The summed E-state index contributed by atoms with van der Waals surface area (Å²) in [6.45, 7) is 0.0569. The van der Waals surface area contributed by atoms with Crippen molar-refractivity contribution in [1.82, 2.24) is 9.71 Å². The van der Waals surface area contributed by atoms with Crippen LogP contribution in [0.5, 0.6) is 17.2 Å². The van der Waals surface area contributed by atoms with Gasteiger partial charge in [0.2, 0.25) is 10.0 Å². The fourth-order valence-electron chi connectivity index (χ4n) is 2.34. The molecular weight excluding hydrogens is 489 g/mol. The van der Waals surface area contributed by atoms with E-state index in [1.807, 2.05) is 0 Å². The van der Waals surface area contributed by atoms with E-state index in [9.17, 15) is 21.6 Å². The van der Waals surface area contributed by atoms with E-state index < -0.39 is 16.4 Å². The van der Waals surface area contributed by atoms with Crippen molar-refractivity contribution >= 4 is 26.0 Å². The van der Waals surface area contributed by atoms with Crippen LogP contribution in [0.4, 0.5) is 13.2 Å². The minimum atomic E-state index is -4.77. The topological polar surface area (TPSA) is 77.5 Å². The third-order valence-corrected chi connectivity index (χ3v) is 5.85. The Morgan fingerprint density at radius 1 is 0.933 bits per heavy atom. The molecule has 3 rings (SSSR count). The minimum absolute atomic E-state index is 0.0313. The van der Waals surface area contributed by atoms with Crippen molar-refractivity contribution in [3.8, 4) is 17.2 Å². The Morgan fingerprint density at radius 3 is 2.07 bits per heavy atom. The fourth-order valence-corrected chi connectivity index (χ4v) is 3.74. The molecule has 0 spiro atoms. The van der Waals surface area contributed by atoms with E-state index in [0.29, 0.717) is 15.9 Å². The fraction of sp³-hybridized carbons (Fsp3) is 0.105. The van der Waals surface area contributed by atoms with Crippen molar-refractivity contribution < 1.29 is 31.1 Å². The average Bonchev–Trinajstić information content (AvgIpc) is 2.68. The van der Waals surface area contributed by atoms with E-state index in [2.05, 4.69) is 30.4 Å². The number of sulfonamides is 1. The third-order valence-electron chi connectivity index (χ3n) is 3.72. The molecule has 1 N–H and O–H groups in total. The van der Waals surface area contributed by atoms with Crippen LogP contribution in [0.3, 0.4) is 0 Å². The second-order valence-electron chi connectivity index (χ2n) is 5.87. The summed E-state index contributed by atoms with van der Waals surface area (Å²) in [7, 11) is -3.77. The van der Waals surface area contributed by atoms with E-state index in [4.69, 9.17) is 4.74 Å². The number of benzene rings is 2. The second-order valence-corrected chi connectivity index (χ2v) is 8.39. The molecule has 1 heterocycles. The first-order valence-electron chi connectivity index (χ1n) is 8.35. The number of halogens is 4. The van der Waals surface area contributed by atoms with Gasteiger partial charge in [0, 0.05) is 12.7 Å². The van der Waals surface area contributed by atoms with Crippen LogP contribution in [-0.4, -0.2) is 19.8 Å². The SMILES string of the molecule is O=S(=O)(NCc1cccnc1Br)c1ccc(Oc2ccc(OC(F)(F)F)cc2)cc1. The Hall–Kier alpha value is -2.63. The van der Waals surface area contributed by atoms with Crippen LogP contribution >= 0.6 is 15.9 Å². The van der Waals surface area contributed by atoms with Gasteiger partial charge < -0.3 is 9.47 Å².